The minimum absolute atomic E-state index is 0.00332. The van der Waals surface area contributed by atoms with E-state index in [1.54, 1.807) is 6.07 Å². The summed E-state index contributed by atoms with van der Waals surface area (Å²) in [4.78, 5) is 21.6. The number of ether oxygens (including phenoxy) is 2. The van der Waals surface area contributed by atoms with E-state index in [-0.39, 0.29) is 41.1 Å². The second kappa shape index (κ2) is 11.6. The highest BCUT2D eigenvalue weighted by molar-refractivity contribution is 7.90. The average molecular weight is 557 g/mol. The number of pyridine rings is 2. The molecule has 3 aromatic rings. The zero-order valence-corrected chi connectivity index (χ0v) is 23.2. The lowest BCUT2D eigenvalue weighted by Crippen LogP contribution is -2.33. The Morgan fingerprint density at radius 3 is 2.49 bits per heavy atom. The Balaban J connectivity index is 1.71. The van der Waals surface area contributed by atoms with Crippen molar-refractivity contribution in [2.24, 2.45) is 17.8 Å². The largest absolute Gasteiger partial charge is 0.493 e. The van der Waals surface area contributed by atoms with Crippen molar-refractivity contribution >= 4 is 21.7 Å². The lowest BCUT2D eigenvalue weighted by atomic mass is 10.0. The molecular weight excluding hydrogens is 523 g/mol. The van der Waals surface area contributed by atoms with Crippen molar-refractivity contribution in [3.05, 3.63) is 59.9 Å². The maximum atomic E-state index is 14.5. The highest BCUT2D eigenvalue weighted by atomic mass is 32.2. The van der Waals surface area contributed by atoms with Gasteiger partial charge in [0.05, 0.1) is 12.3 Å². The van der Waals surface area contributed by atoms with Crippen molar-refractivity contribution < 1.29 is 27.1 Å². The molecule has 2 heterocycles. The van der Waals surface area contributed by atoms with Gasteiger partial charge in [-0.15, -0.1) is 0 Å². The first-order chi connectivity index (χ1) is 18.4. The standard InChI is InChI=1S/C28H33FN4O5S/c1-16(2)15-37-21-13-19(12-20(29)14-21)23-11-10-22(28(31-23)38-26-17(3)8-9-18(26)4)27(34)33-39(35,36)25-7-5-6-24(30)32-25/h5-7,10-14,16-18,26H,8-9,15H2,1-4H3,(H2,30,32)(H,33,34). The quantitative estimate of drug-likeness (QED) is 0.383. The van der Waals surface area contributed by atoms with Gasteiger partial charge in [0, 0.05) is 11.6 Å². The lowest BCUT2D eigenvalue weighted by Gasteiger charge is -2.23. The Bertz CT molecular complexity index is 1450. The van der Waals surface area contributed by atoms with Gasteiger partial charge in [-0.05, 0) is 67.0 Å². The number of nitrogens with two attached hydrogens (primary N) is 1. The van der Waals surface area contributed by atoms with Crippen molar-refractivity contribution in [3.63, 3.8) is 0 Å². The van der Waals surface area contributed by atoms with Crippen LogP contribution < -0.4 is 19.9 Å². The van der Waals surface area contributed by atoms with E-state index >= 15 is 0 Å². The van der Waals surface area contributed by atoms with Crippen LogP contribution in [0, 0.1) is 23.6 Å². The van der Waals surface area contributed by atoms with Crippen LogP contribution in [0.5, 0.6) is 11.6 Å². The molecule has 1 fully saturated rings. The van der Waals surface area contributed by atoms with Gasteiger partial charge in [0.15, 0.2) is 5.03 Å². The first kappa shape index (κ1) is 28.3. The Hall–Kier alpha value is -3.73. The van der Waals surface area contributed by atoms with Gasteiger partial charge in [0.25, 0.3) is 15.9 Å². The summed E-state index contributed by atoms with van der Waals surface area (Å²) >= 11 is 0. The molecule has 0 radical (unpaired) electrons. The molecule has 1 aliphatic carbocycles. The van der Waals surface area contributed by atoms with Crippen molar-refractivity contribution in [1.29, 1.82) is 0 Å². The van der Waals surface area contributed by atoms with Crippen molar-refractivity contribution in [1.82, 2.24) is 14.7 Å². The van der Waals surface area contributed by atoms with E-state index in [0.29, 0.717) is 23.6 Å². The molecule has 4 rings (SSSR count). The summed E-state index contributed by atoms with van der Waals surface area (Å²) in [5.74, 6) is -0.483. The van der Waals surface area contributed by atoms with Gasteiger partial charge in [-0.3, -0.25) is 4.79 Å². The fourth-order valence-electron chi connectivity index (χ4n) is 4.51. The van der Waals surface area contributed by atoms with Gasteiger partial charge in [-0.25, -0.2) is 19.1 Å². The summed E-state index contributed by atoms with van der Waals surface area (Å²) in [7, 11) is -4.32. The van der Waals surface area contributed by atoms with Crippen molar-refractivity contribution in [2.75, 3.05) is 12.3 Å². The number of sulfonamides is 1. The number of rotatable bonds is 9. The third-order valence-electron chi connectivity index (χ3n) is 6.55. The molecule has 0 saturated heterocycles. The highest BCUT2D eigenvalue weighted by Crippen LogP contribution is 2.35. The molecule has 11 heteroatoms. The molecule has 208 valence electrons. The number of halogens is 1. The first-order valence-electron chi connectivity index (χ1n) is 12.8. The topological polar surface area (TPSA) is 134 Å². The zero-order valence-electron chi connectivity index (χ0n) is 22.3. The fraction of sp³-hybridized carbons (Fsp3) is 0.393. The minimum Gasteiger partial charge on any atom is -0.493 e. The van der Waals surface area contributed by atoms with E-state index in [1.165, 1.54) is 42.5 Å². The van der Waals surface area contributed by atoms with E-state index in [9.17, 15) is 17.6 Å². The Morgan fingerprint density at radius 2 is 1.82 bits per heavy atom. The molecule has 1 aliphatic rings. The third-order valence-corrected chi connectivity index (χ3v) is 7.78. The monoisotopic (exact) mass is 556 g/mol. The summed E-state index contributed by atoms with van der Waals surface area (Å²) < 4.78 is 54.1. The van der Waals surface area contributed by atoms with Crippen molar-refractivity contribution in [2.45, 2.75) is 51.7 Å². The van der Waals surface area contributed by atoms with Crippen LogP contribution in [0.25, 0.3) is 11.3 Å². The van der Waals surface area contributed by atoms with Crippen LogP contribution in [0.15, 0.2) is 53.6 Å². The molecule has 0 bridgehead atoms. The number of nitrogens with zero attached hydrogens (tertiary/aromatic N) is 2. The highest BCUT2D eigenvalue weighted by Gasteiger charge is 2.34. The van der Waals surface area contributed by atoms with E-state index < -0.39 is 26.8 Å². The Morgan fingerprint density at radius 1 is 1.10 bits per heavy atom. The number of nitrogens with one attached hydrogen (secondary N) is 1. The number of anilines is 1. The number of hydrogen-bond acceptors (Lipinski definition) is 8. The van der Waals surface area contributed by atoms with Crippen LogP contribution in [0.3, 0.4) is 0 Å². The first-order valence-corrected chi connectivity index (χ1v) is 14.3. The van der Waals surface area contributed by atoms with Crippen LogP contribution in [-0.4, -0.2) is 37.0 Å². The van der Waals surface area contributed by atoms with Gasteiger partial charge < -0.3 is 15.2 Å². The minimum atomic E-state index is -4.32. The zero-order chi connectivity index (χ0) is 28.3. The van der Waals surface area contributed by atoms with Gasteiger partial charge in [0.2, 0.25) is 5.88 Å². The van der Waals surface area contributed by atoms with Crippen molar-refractivity contribution in [3.8, 4) is 22.9 Å². The number of aromatic nitrogens is 2. The number of carbonyl (C=O) groups is 1. The maximum absolute atomic E-state index is 14.5. The predicted molar refractivity (Wildman–Crippen MR) is 145 cm³/mol. The summed E-state index contributed by atoms with van der Waals surface area (Å²) in [6.07, 6.45) is 1.66. The molecule has 3 N–H and O–H groups in total. The van der Waals surface area contributed by atoms with Gasteiger partial charge in [0.1, 0.15) is 29.1 Å². The Labute approximate surface area is 228 Å². The van der Waals surface area contributed by atoms with Gasteiger partial charge in [-0.1, -0.05) is 33.8 Å². The maximum Gasteiger partial charge on any atom is 0.281 e. The average Bonchev–Trinajstić information content (AvgIpc) is 3.19. The smallest absolute Gasteiger partial charge is 0.281 e. The molecule has 1 aromatic carbocycles. The lowest BCUT2D eigenvalue weighted by molar-refractivity contribution is 0.0954. The summed E-state index contributed by atoms with van der Waals surface area (Å²) in [6, 6.07) is 11.3. The molecule has 1 amide bonds. The molecular formula is C28H33FN4O5S. The molecule has 1 saturated carbocycles. The Kier molecular flexibility index (Phi) is 8.39. The number of carbonyl (C=O) groups excluding carboxylic acids is 1. The molecule has 0 spiro atoms. The third kappa shape index (κ3) is 6.83. The SMILES string of the molecule is CC(C)COc1cc(F)cc(-c2ccc(C(=O)NS(=O)(=O)c3cccc(N)n3)c(OC3C(C)CCC3C)n2)c1. The molecule has 2 aromatic heterocycles. The van der Waals surface area contributed by atoms with Gasteiger partial charge in [-0.2, -0.15) is 8.42 Å². The molecule has 9 nitrogen and oxygen atoms in total. The molecule has 39 heavy (non-hydrogen) atoms. The number of hydrogen-bond donors (Lipinski definition) is 2. The summed E-state index contributed by atoms with van der Waals surface area (Å²) in [6.45, 7) is 8.50. The second-order valence-electron chi connectivity index (χ2n) is 10.4. The van der Waals surface area contributed by atoms with E-state index in [4.69, 9.17) is 15.2 Å². The number of amides is 1. The predicted octanol–water partition coefficient (Wildman–Crippen LogP) is 4.83. The summed E-state index contributed by atoms with van der Waals surface area (Å²) in [5.41, 5.74) is 6.30. The van der Waals surface area contributed by atoms with E-state index in [0.717, 1.165) is 12.8 Å². The number of nitrogen functional groups attached to an aromatic ring is 1. The van der Waals surface area contributed by atoms with E-state index in [2.05, 4.69) is 23.8 Å². The second-order valence-corrected chi connectivity index (χ2v) is 12.0. The van der Waals surface area contributed by atoms with Gasteiger partial charge >= 0.3 is 0 Å². The van der Waals surface area contributed by atoms with Crippen LogP contribution in [-0.2, 0) is 10.0 Å². The van der Waals surface area contributed by atoms with Crippen LogP contribution >= 0.6 is 0 Å². The summed E-state index contributed by atoms with van der Waals surface area (Å²) in [5, 5.41) is -0.394. The van der Waals surface area contributed by atoms with Crippen LogP contribution in [0.2, 0.25) is 0 Å². The van der Waals surface area contributed by atoms with Crippen LogP contribution in [0.4, 0.5) is 10.2 Å². The fourth-order valence-corrected chi connectivity index (χ4v) is 5.45. The van der Waals surface area contributed by atoms with Crippen LogP contribution in [0.1, 0.15) is 50.9 Å². The number of benzene rings is 1. The van der Waals surface area contributed by atoms with E-state index in [1.807, 2.05) is 18.6 Å². The normalized spacial score (nSPS) is 19.2. The molecule has 2 atom stereocenters. The molecule has 0 aliphatic heterocycles. The molecule has 2 unspecified atom stereocenters.